The van der Waals surface area contributed by atoms with E-state index in [0.29, 0.717) is 0 Å². The second-order valence-corrected chi connectivity index (χ2v) is 7.40. The van der Waals surface area contributed by atoms with Crippen molar-refractivity contribution in [2.75, 3.05) is 27.1 Å². The maximum absolute atomic E-state index is 5.25. The molecular weight excluding hydrogens is 200 g/mol. The Labute approximate surface area is 78.6 Å². The van der Waals surface area contributed by atoms with Crippen molar-refractivity contribution < 1.29 is 27.7 Å². The maximum atomic E-state index is 5.25. The predicted molar refractivity (Wildman–Crippen MR) is 44.3 cm³/mol. The number of rotatable bonds is 6. The Bertz CT molecular complexity index is 89.6. The molecule has 0 N–H and O–H groups in total. The van der Waals surface area contributed by atoms with Gasteiger partial charge in [0.2, 0.25) is 0 Å². The van der Waals surface area contributed by atoms with Gasteiger partial charge in [0.05, 0.1) is 0 Å². The molecule has 0 fully saturated rings. The van der Waals surface area contributed by atoms with Gasteiger partial charge in [0, 0.05) is 0 Å². The second-order valence-electron chi connectivity index (χ2n) is 2.12. The fraction of sp³-hybridized carbons (Fsp3) is 1.00. The summed E-state index contributed by atoms with van der Waals surface area (Å²) < 4.78 is 16.6. The first kappa shape index (κ1) is 11.9. The van der Waals surface area contributed by atoms with Crippen LogP contribution in [0.15, 0.2) is 0 Å². The van der Waals surface area contributed by atoms with Gasteiger partial charge in [-0.25, -0.2) is 0 Å². The van der Waals surface area contributed by atoms with Crippen LogP contribution in [-0.4, -0.2) is 27.1 Å². The summed E-state index contributed by atoms with van der Waals surface area (Å²) in [7, 11) is 4.93. The molecule has 0 aliphatic heterocycles. The molecule has 0 aliphatic carbocycles. The van der Waals surface area contributed by atoms with E-state index in [1.54, 1.807) is 21.3 Å². The van der Waals surface area contributed by atoms with Gasteiger partial charge in [0.15, 0.2) is 0 Å². The van der Waals surface area contributed by atoms with E-state index < -0.39 is 17.8 Å². The molecular formula is C6H16O3STi. The van der Waals surface area contributed by atoms with Crippen LogP contribution in [0.5, 0.6) is 0 Å². The van der Waals surface area contributed by atoms with Crippen LogP contribution in [0.4, 0.5) is 0 Å². The van der Waals surface area contributed by atoms with Gasteiger partial charge >= 0.3 is 78.6 Å². The average molecular weight is 216 g/mol. The van der Waals surface area contributed by atoms with E-state index in [1.807, 2.05) is 0 Å². The van der Waals surface area contributed by atoms with E-state index in [-0.39, 0.29) is 0 Å². The Morgan fingerprint density at radius 1 is 1.09 bits per heavy atom. The summed E-state index contributed by atoms with van der Waals surface area (Å²) >= 11 is 1.33. The van der Waals surface area contributed by atoms with Crippen molar-refractivity contribution in [2.45, 2.75) is 11.1 Å². The van der Waals surface area contributed by atoms with Crippen LogP contribution in [-0.2, 0) is 27.7 Å². The van der Waals surface area contributed by atoms with Crippen molar-refractivity contribution in [3.8, 4) is 0 Å². The standard InChI is InChI=1S/C3H7S.3CH3O.Ti/c1-2-3-4;3*1-2;/h4H,1-3H2;3*1H3;/q;3*-1;+3. The summed E-state index contributed by atoms with van der Waals surface area (Å²) in [5, 5.41) is 0. The molecule has 0 aromatic carbocycles. The first-order valence-electron chi connectivity index (χ1n) is 3.51. The molecule has 0 spiro atoms. The van der Waals surface area contributed by atoms with Crippen LogP contribution in [0.25, 0.3) is 0 Å². The Kier molecular flexibility index (Phi) is 7.01. The minimum absolute atomic E-state index is 0.850. The summed E-state index contributed by atoms with van der Waals surface area (Å²) in [6, 6.07) is 0. The molecule has 0 aliphatic rings. The summed E-state index contributed by atoms with van der Waals surface area (Å²) in [4.78, 5) is 0. The van der Waals surface area contributed by atoms with Gasteiger partial charge in [0.25, 0.3) is 0 Å². The monoisotopic (exact) mass is 216 g/mol. The summed E-state index contributed by atoms with van der Waals surface area (Å²) in [5.41, 5.74) is 0. The fourth-order valence-corrected chi connectivity index (χ4v) is 4.16. The molecule has 0 amide bonds. The zero-order chi connectivity index (χ0) is 8.74. The van der Waals surface area contributed by atoms with Gasteiger partial charge in [0.1, 0.15) is 0 Å². The van der Waals surface area contributed by atoms with Gasteiger partial charge in [-0.15, -0.1) is 0 Å². The van der Waals surface area contributed by atoms with Crippen LogP contribution in [0, 0.1) is 0 Å². The fourth-order valence-electron chi connectivity index (χ4n) is 0.852. The number of thiol groups is 1. The van der Waals surface area contributed by atoms with E-state index in [4.69, 9.17) is 9.96 Å². The second kappa shape index (κ2) is 6.46. The third-order valence-corrected chi connectivity index (χ3v) is 6.31. The van der Waals surface area contributed by atoms with Crippen LogP contribution in [0.3, 0.4) is 0 Å². The zero-order valence-electron chi connectivity index (χ0n) is 7.29. The summed E-state index contributed by atoms with van der Waals surface area (Å²) in [5.74, 6) is 0.850. The minimum atomic E-state index is -2.78. The molecule has 68 valence electrons. The Morgan fingerprint density at radius 3 is 1.82 bits per heavy atom. The third-order valence-electron chi connectivity index (χ3n) is 1.57. The van der Waals surface area contributed by atoms with Crippen LogP contribution in [0.2, 0.25) is 4.73 Å². The molecule has 5 heteroatoms. The van der Waals surface area contributed by atoms with Crippen molar-refractivity contribution in [1.29, 1.82) is 0 Å². The van der Waals surface area contributed by atoms with Gasteiger partial charge in [-0.3, -0.25) is 0 Å². The van der Waals surface area contributed by atoms with E-state index in [1.165, 1.54) is 0 Å². The SMILES string of the molecule is C[O][Ti]([CH2]CCS)([O]C)[O]C. The molecule has 0 unspecified atom stereocenters. The molecule has 0 atom stereocenters. The number of hydrogen-bond acceptors (Lipinski definition) is 4. The molecule has 0 bridgehead atoms. The Hall–Kier alpha value is 0.944. The summed E-state index contributed by atoms with van der Waals surface area (Å²) in [6.45, 7) is 0. The molecule has 0 radical (unpaired) electrons. The molecule has 3 nitrogen and oxygen atoms in total. The van der Waals surface area contributed by atoms with Crippen LogP contribution in [0.1, 0.15) is 6.42 Å². The van der Waals surface area contributed by atoms with Gasteiger partial charge < -0.3 is 0 Å². The van der Waals surface area contributed by atoms with Gasteiger partial charge in [-0.2, -0.15) is 0 Å². The first-order valence-corrected chi connectivity index (χ1v) is 7.16. The molecule has 0 saturated heterocycles. The van der Waals surface area contributed by atoms with E-state index in [2.05, 4.69) is 12.6 Å². The zero-order valence-corrected chi connectivity index (χ0v) is 9.75. The van der Waals surface area contributed by atoms with Crippen molar-refractivity contribution in [1.82, 2.24) is 0 Å². The average Bonchev–Trinajstić information content (AvgIpc) is 2.08. The topological polar surface area (TPSA) is 27.7 Å². The summed E-state index contributed by atoms with van der Waals surface area (Å²) in [6.07, 6.45) is 0.985. The first-order chi connectivity index (χ1) is 5.24. The molecule has 0 rings (SSSR count). The van der Waals surface area contributed by atoms with Gasteiger partial charge in [-0.05, 0) is 0 Å². The van der Waals surface area contributed by atoms with Crippen molar-refractivity contribution in [2.24, 2.45) is 0 Å². The van der Waals surface area contributed by atoms with Crippen molar-refractivity contribution in [3.63, 3.8) is 0 Å². The van der Waals surface area contributed by atoms with E-state index in [0.717, 1.165) is 16.9 Å². The molecule has 0 aromatic heterocycles. The molecule has 0 aromatic rings. The van der Waals surface area contributed by atoms with Crippen molar-refractivity contribution in [3.05, 3.63) is 0 Å². The van der Waals surface area contributed by atoms with Crippen LogP contribution < -0.4 is 0 Å². The molecule has 0 heterocycles. The van der Waals surface area contributed by atoms with Crippen LogP contribution >= 0.6 is 12.6 Å². The Morgan fingerprint density at radius 2 is 1.55 bits per heavy atom. The molecule has 11 heavy (non-hydrogen) atoms. The third kappa shape index (κ3) is 3.92. The van der Waals surface area contributed by atoms with Gasteiger partial charge in [-0.1, -0.05) is 0 Å². The quantitative estimate of drug-likeness (QED) is 0.539. The predicted octanol–water partition coefficient (Wildman–Crippen LogP) is 1.56. The normalized spacial score (nSPS) is 12.0. The molecule has 0 saturated carbocycles. The van der Waals surface area contributed by atoms with E-state index >= 15 is 0 Å². The number of hydrogen-bond donors (Lipinski definition) is 1. The van der Waals surface area contributed by atoms with E-state index in [9.17, 15) is 0 Å². The van der Waals surface area contributed by atoms with Crippen molar-refractivity contribution >= 4 is 12.6 Å². The Balaban J connectivity index is 3.84.